The van der Waals surface area contributed by atoms with Crippen molar-refractivity contribution in [2.45, 2.75) is 6.54 Å². The number of hydrogen-bond donors (Lipinski definition) is 3. The fraction of sp³-hybridized carbons (Fsp3) is 0.143. The van der Waals surface area contributed by atoms with Gasteiger partial charge in [-0.1, -0.05) is 18.2 Å². The van der Waals surface area contributed by atoms with Crippen molar-refractivity contribution in [1.29, 1.82) is 0 Å². The van der Waals surface area contributed by atoms with Crippen molar-refractivity contribution >= 4 is 11.7 Å². The van der Waals surface area contributed by atoms with Crippen LogP contribution in [0.4, 0.5) is 5.82 Å². The maximum atomic E-state index is 11.9. The number of nitrogens with one attached hydrogen (secondary N) is 2. The Bertz CT molecular complexity index is 584. The lowest BCUT2D eigenvalue weighted by Crippen LogP contribution is -2.24. The Kier molecular flexibility index (Phi) is 4.52. The topological polar surface area (TPSA) is 89.3 Å². The molecule has 0 atom stereocenters. The summed E-state index contributed by atoms with van der Waals surface area (Å²) in [7, 11) is 1.61. The van der Waals surface area contributed by atoms with E-state index >= 15 is 0 Å². The minimum atomic E-state index is -0.252. The fourth-order valence-electron chi connectivity index (χ4n) is 1.66. The molecule has 0 fully saturated rings. The van der Waals surface area contributed by atoms with E-state index in [2.05, 4.69) is 15.7 Å². The molecule has 0 aliphatic rings. The summed E-state index contributed by atoms with van der Waals surface area (Å²) in [5.74, 6) is 6.23. The number of benzene rings is 1. The molecule has 2 rings (SSSR count). The van der Waals surface area contributed by atoms with Crippen LogP contribution in [0.3, 0.4) is 0 Å². The molecule has 1 heterocycles. The van der Waals surface area contributed by atoms with Crippen molar-refractivity contribution in [2.24, 2.45) is 5.84 Å². The summed E-state index contributed by atoms with van der Waals surface area (Å²) in [6, 6.07) is 12.5. The van der Waals surface area contributed by atoms with Crippen molar-refractivity contribution in [1.82, 2.24) is 10.3 Å². The van der Waals surface area contributed by atoms with Crippen molar-refractivity contribution in [3.63, 3.8) is 0 Å². The van der Waals surface area contributed by atoms with E-state index in [0.29, 0.717) is 18.1 Å². The smallest absolute Gasteiger partial charge is 0.270 e. The molecular weight excluding hydrogens is 256 g/mol. The van der Waals surface area contributed by atoms with Crippen LogP contribution in [-0.2, 0) is 6.54 Å². The molecular formula is C14H16N4O2. The molecule has 2 aromatic rings. The highest BCUT2D eigenvalue weighted by molar-refractivity contribution is 5.92. The number of hydrogen-bond acceptors (Lipinski definition) is 5. The largest absolute Gasteiger partial charge is 0.497 e. The number of pyridine rings is 1. The molecule has 20 heavy (non-hydrogen) atoms. The van der Waals surface area contributed by atoms with Crippen LogP contribution in [0, 0.1) is 0 Å². The highest BCUT2D eigenvalue weighted by atomic mass is 16.5. The van der Waals surface area contributed by atoms with Gasteiger partial charge in [0, 0.05) is 6.54 Å². The molecule has 104 valence electrons. The zero-order chi connectivity index (χ0) is 14.4. The van der Waals surface area contributed by atoms with Crippen LogP contribution in [0.15, 0.2) is 42.5 Å². The number of carbonyl (C=O) groups excluding carboxylic acids is 1. The van der Waals surface area contributed by atoms with Crippen LogP contribution in [0.25, 0.3) is 0 Å². The Morgan fingerprint density at radius 2 is 2.00 bits per heavy atom. The molecule has 1 aromatic carbocycles. The number of methoxy groups -OCH3 is 1. The Hall–Kier alpha value is -2.60. The number of nitrogen functional groups attached to an aromatic ring is 1. The van der Waals surface area contributed by atoms with Gasteiger partial charge in [-0.2, -0.15) is 0 Å². The molecule has 0 unspecified atom stereocenters. The number of carbonyl (C=O) groups is 1. The molecule has 0 spiro atoms. The summed E-state index contributed by atoms with van der Waals surface area (Å²) in [5.41, 5.74) is 3.70. The molecule has 6 heteroatoms. The second-order valence-corrected chi connectivity index (χ2v) is 4.08. The Morgan fingerprint density at radius 1 is 1.25 bits per heavy atom. The number of hydrazine groups is 1. The van der Waals surface area contributed by atoms with Crippen LogP contribution < -0.4 is 21.3 Å². The predicted octanol–water partition coefficient (Wildman–Crippen LogP) is 1.31. The van der Waals surface area contributed by atoms with Crippen molar-refractivity contribution in [3.05, 3.63) is 53.7 Å². The number of nitrogens with two attached hydrogens (primary N) is 1. The molecule has 1 aromatic heterocycles. The van der Waals surface area contributed by atoms with Gasteiger partial charge in [0.2, 0.25) is 0 Å². The second-order valence-electron chi connectivity index (χ2n) is 4.08. The van der Waals surface area contributed by atoms with Crippen LogP contribution >= 0.6 is 0 Å². The van der Waals surface area contributed by atoms with E-state index in [1.807, 2.05) is 24.3 Å². The van der Waals surface area contributed by atoms with Crippen molar-refractivity contribution < 1.29 is 9.53 Å². The zero-order valence-electron chi connectivity index (χ0n) is 11.1. The van der Waals surface area contributed by atoms with Crippen LogP contribution in [0.2, 0.25) is 0 Å². The summed E-state index contributed by atoms with van der Waals surface area (Å²) in [5, 5.41) is 2.79. The normalized spacial score (nSPS) is 9.90. The van der Waals surface area contributed by atoms with Gasteiger partial charge in [-0.25, -0.2) is 10.8 Å². The number of nitrogens with zero attached hydrogens (tertiary/aromatic N) is 1. The molecule has 4 N–H and O–H groups in total. The summed E-state index contributed by atoms with van der Waals surface area (Å²) in [6.07, 6.45) is 0. The van der Waals surface area contributed by atoms with Crippen molar-refractivity contribution in [3.8, 4) is 5.75 Å². The molecule has 0 bridgehead atoms. The first kappa shape index (κ1) is 13.8. The van der Waals surface area contributed by atoms with Crippen LogP contribution in [0.1, 0.15) is 16.1 Å². The summed E-state index contributed by atoms with van der Waals surface area (Å²) in [4.78, 5) is 16.0. The van der Waals surface area contributed by atoms with E-state index in [4.69, 9.17) is 10.6 Å². The average molecular weight is 272 g/mol. The Labute approximate surface area is 116 Å². The van der Waals surface area contributed by atoms with E-state index in [0.717, 1.165) is 11.3 Å². The molecule has 0 aliphatic carbocycles. The molecule has 0 radical (unpaired) electrons. The zero-order valence-corrected chi connectivity index (χ0v) is 11.1. The van der Waals surface area contributed by atoms with Gasteiger partial charge in [-0.3, -0.25) is 4.79 Å². The van der Waals surface area contributed by atoms with Gasteiger partial charge in [0.15, 0.2) is 0 Å². The Morgan fingerprint density at radius 3 is 2.65 bits per heavy atom. The van der Waals surface area contributed by atoms with Crippen LogP contribution in [-0.4, -0.2) is 18.0 Å². The highest BCUT2D eigenvalue weighted by Crippen LogP contribution is 2.11. The molecule has 0 aliphatic heterocycles. The Balaban J connectivity index is 1.97. The van der Waals surface area contributed by atoms with E-state index in [1.165, 1.54) is 0 Å². The van der Waals surface area contributed by atoms with Crippen molar-refractivity contribution in [2.75, 3.05) is 12.5 Å². The second kappa shape index (κ2) is 6.53. The molecule has 1 amide bonds. The van der Waals surface area contributed by atoms with Gasteiger partial charge in [-0.05, 0) is 29.8 Å². The van der Waals surface area contributed by atoms with Gasteiger partial charge >= 0.3 is 0 Å². The maximum absolute atomic E-state index is 11.9. The van der Waals surface area contributed by atoms with Gasteiger partial charge in [0.05, 0.1) is 7.11 Å². The number of ether oxygens (including phenoxy) is 1. The fourth-order valence-corrected chi connectivity index (χ4v) is 1.66. The van der Waals surface area contributed by atoms with Gasteiger partial charge < -0.3 is 15.5 Å². The number of anilines is 1. The third kappa shape index (κ3) is 3.46. The quantitative estimate of drug-likeness (QED) is 0.564. The first-order chi connectivity index (χ1) is 9.72. The monoisotopic (exact) mass is 272 g/mol. The highest BCUT2D eigenvalue weighted by Gasteiger charge is 2.07. The third-order valence-corrected chi connectivity index (χ3v) is 2.74. The SMILES string of the molecule is COc1ccc(CNC(=O)c2cccc(NN)n2)cc1. The summed E-state index contributed by atoms with van der Waals surface area (Å²) in [6.45, 7) is 0.421. The predicted molar refractivity (Wildman–Crippen MR) is 76.2 cm³/mol. The molecule has 0 saturated heterocycles. The van der Waals surface area contributed by atoms with Gasteiger partial charge in [0.1, 0.15) is 17.3 Å². The lowest BCUT2D eigenvalue weighted by atomic mass is 10.2. The van der Waals surface area contributed by atoms with Crippen LogP contribution in [0.5, 0.6) is 5.75 Å². The maximum Gasteiger partial charge on any atom is 0.270 e. The van der Waals surface area contributed by atoms with Gasteiger partial charge in [-0.15, -0.1) is 0 Å². The summed E-state index contributed by atoms with van der Waals surface area (Å²) >= 11 is 0. The standard InChI is InChI=1S/C14H16N4O2/c1-20-11-7-5-10(6-8-11)9-16-14(19)12-3-2-4-13(17-12)18-15/h2-8H,9,15H2,1H3,(H,16,19)(H,17,18). The summed E-state index contributed by atoms with van der Waals surface area (Å²) < 4.78 is 5.07. The lowest BCUT2D eigenvalue weighted by Gasteiger charge is -2.07. The average Bonchev–Trinajstić information content (AvgIpc) is 2.53. The van der Waals surface area contributed by atoms with E-state index in [1.54, 1.807) is 25.3 Å². The van der Waals surface area contributed by atoms with Gasteiger partial charge in [0.25, 0.3) is 5.91 Å². The molecule has 6 nitrogen and oxygen atoms in total. The van der Waals surface area contributed by atoms with E-state index in [9.17, 15) is 4.79 Å². The molecule has 0 saturated carbocycles. The minimum absolute atomic E-state index is 0.252. The van der Waals surface area contributed by atoms with E-state index in [-0.39, 0.29) is 5.91 Å². The number of aromatic nitrogens is 1. The number of amides is 1. The minimum Gasteiger partial charge on any atom is -0.497 e. The first-order valence-corrected chi connectivity index (χ1v) is 6.07. The van der Waals surface area contributed by atoms with E-state index < -0.39 is 0 Å². The third-order valence-electron chi connectivity index (χ3n) is 2.74. The number of rotatable bonds is 5. The first-order valence-electron chi connectivity index (χ1n) is 6.07. The lowest BCUT2D eigenvalue weighted by molar-refractivity contribution is 0.0946.